The number of ether oxygens (including phenoxy) is 2. The quantitative estimate of drug-likeness (QED) is 0.836. The third-order valence-electron chi connectivity index (χ3n) is 3.71. The van der Waals surface area contributed by atoms with Crippen molar-refractivity contribution in [1.82, 2.24) is 5.32 Å². The molecule has 7 heteroatoms. The Morgan fingerprint density at radius 2 is 1.92 bits per heavy atom. The number of allylic oxidation sites excluding steroid dienone is 2. The fraction of sp³-hybridized carbons (Fsp3) is 0.353. The molecule has 24 heavy (non-hydrogen) atoms. The molecule has 0 bridgehead atoms. The van der Waals surface area contributed by atoms with E-state index in [2.05, 4.69) is 10.1 Å². The predicted octanol–water partition coefficient (Wildman–Crippen LogP) is 3.24. The van der Waals surface area contributed by atoms with Crippen LogP contribution in [0.2, 0.25) is 0 Å². The van der Waals surface area contributed by atoms with Gasteiger partial charge in [-0.2, -0.15) is 13.2 Å². The van der Waals surface area contributed by atoms with Gasteiger partial charge in [-0.1, -0.05) is 36.4 Å². The van der Waals surface area contributed by atoms with E-state index in [-0.39, 0.29) is 18.9 Å². The molecule has 0 aliphatic carbocycles. The van der Waals surface area contributed by atoms with Gasteiger partial charge in [-0.25, -0.2) is 0 Å². The van der Waals surface area contributed by atoms with Gasteiger partial charge in [0.25, 0.3) is 0 Å². The van der Waals surface area contributed by atoms with E-state index in [1.165, 1.54) is 19.3 Å². The number of hydrogen-bond acceptors (Lipinski definition) is 4. The van der Waals surface area contributed by atoms with Gasteiger partial charge in [-0.05, 0) is 24.1 Å². The number of alkyl halides is 3. The van der Waals surface area contributed by atoms with Gasteiger partial charge in [0.2, 0.25) is 0 Å². The molecule has 1 aliphatic heterocycles. The van der Waals surface area contributed by atoms with Crippen LogP contribution in [0, 0.1) is 0 Å². The maximum atomic E-state index is 13.1. The van der Waals surface area contributed by atoms with Gasteiger partial charge in [-0.3, -0.25) is 4.79 Å². The number of carbonyl (C=O) groups excluding carboxylic acids is 1. The van der Waals surface area contributed by atoms with Gasteiger partial charge in [0.05, 0.1) is 13.5 Å². The molecule has 1 atom stereocenters. The summed E-state index contributed by atoms with van der Waals surface area (Å²) >= 11 is 0. The fourth-order valence-corrected chi connectivity index (χ4v) is 2.17. The lowest BCUT2D eigenvalue weighted by Crippen LogP contribution is -2.53. The van der Waals surface area contributed by atoms with Crippen LogP contribution in [0.4, 0.5) is 13.2 Å². The molecule has 1 aromatic carbocycles. The molecule has 1 unspecified atom stereocenters. The lowest BCUT2D eigenvalue weighted by Gasteiger charge is -2.33. The number of rotatable bonds is 5. The molecular formula is C17H18F3NO3. The number of nitrogens with one attached hydrogen (secondary N) is 1. The maximum absolute atomic E-state index is 13.1. The first kappa shape index (κ1) is 17.9. The Labute approximate surface area is 137 Å². The molecule has 0 radical (unpaired) electrons. The summed E-state index contributed by atoms with van der Waals surface area (Å²) in [5.41, 5.74) is -0.772. The molecule has 4 nitrogen and oxygen atoms in total. The zero-order valence-corrected chi connectivity index (χ0v) is 13.3. The summed E-state index contributed by atoms with van der Waals surface area (Å²) in [5, 5.41) is 2.35. The highest BCUT2D eigenvalue weighted by atomic mass is 19.4. The Hall–Kier alpha value is -2.44. The standard InChI is InChI=1S/C17H18F3NO3/c1-16(17(18,19)20)9-5-8-14(21-16)24-11-13-7-4-3-6-12(13)10-15(22)23-2/h3-9,21H,10-11H2,1-2H3. The summed E-state index contributed by atoms with van der Waals surface area (Å²) in [6.07, 6.45) is -0.612. The number of benzene rings is 1. The second kappa shape index (κ2) is 6.98. The summed E-state index contributed by atoms with van der Waals surface area (Å²) in [7, 11) is 1.29. The Balaban J connectivity index is 2.06. The molecule has 0 saturated carbocycles. The largest absolute Gasteiger partial charge is 0.474 e. The summed E-state index contributed by atoms with van der Waals surface area (Å²) in [6.45, 7) is 1.07. The van der Waals surface area contributed by atoms with Crippen molar-refractivity contribution in [3.05, 3.63) is 59.5 Å². The number of methoxy groups -OCH3 is 1. The molecule has 0 amide bonds. The molecule has 1 heterocycles. The molecule has 1 aromatic rings. The van der Waals surface area contributed by atoms with Crippen molar-refractivity contribution >= 4 is 5.97 Å². The second-order valence-electron chi connectivity index (χ2n) is 5.53. The van der Waals surface area contributed by atoms with Crippen LogP contribution in [0.15, 0.2) is 48.4 Å². The minimum atomic E-state index is -4.45. The molecule has 1 aliphatic rings. The number of carbonyl (C=O) groups is 1. The average molecular weight is 341 g/mol. The van der Waals surface area contributed by atoms with E-state index < -0.39 is 17.7 Å². The smallest absolute Gasteiger partial charge is 0.414 e. The minimum absolute atomic E-state index is 0.0187. The summed E-state index contributed by atoms with van der Waals surface area (Å²) in [6, 6.07) is 7.03. The third kappa shape index (κ3) is 4.10. The SMILES string of the molecule is COC(=O)Cc1ccccc1COC1=CC=CC(C)(C(F)(F)F)N1. The van der Waals surface area contributed by atoms with Crippen LogP contribution in [0.25, 0.3) is 0 Å². The van der Waals surface area contributed by atoms with Crippen molar-refractivity contribution in [2.45, 2.75) is 31.7 Å². The Kier molecular flexibility index (Phi) is 5.21. The zero-order chi connectivity index (χ0) is 17.8. The van der Waals surface area contributed by atoms with Crippen molar-refractivity contribution in [2.75, 3.05) is 7.11 Å². The molecule has 0 saturated heterocycles. The zero-order valence-electron chi connectivity index (χ0n) is 13.3. The first-order valence-electron chi connectivity index (χ1n) is 7.26. The number of hydrogen-bond donors (Lipinski definition) is 1. The van der Waals surface area contributed by atoms with Gasteiger partial charge in [0, 0.05) is 0 Å². The van der Waals surface area contributed by atoms with Crippen molar-refractivity contribution in [2.24, 2.45) is 0 Å². The van der Waals surface area contributed by atoms with E-state index in [4.69, 9.17) is 4.74 Å². The molecule has 130 valence electrons. The number of dihydropyridines is 1. The first-order chi connectivity index (χ1) is 11.2. The van der Waals surface area contributed by atoms with Crippen molar-refractivity contribution in [3.63, 3.8) is 0 Å². The summed E-state index contributed by atoms with van der Waals surface area (Å²) in [5.74, 6) is -0.379. The highest BCUT2D eigenvalue weighted by Gasteiger charge is 2.50. The van der Waals surface area contributed by atoms with E-state index in [1.54, 1.807) is 24.3 Å². The molecular weight excluding hydrogens is 323 g/mol. The van der Waals surface area contributed by atoms with Gasteiger partial charge in [0.1, 0.15) is 6.61 Å². The lowest BCUT2D eigenvalue weighted by atomic mass is 9.99. The van der Waals surface area contributed by atoms with E-state index in [1.807, 2.05) is 0 Å². The van der Waals surface area contributed by atoms with E-state index >= 15 is 0 Å². The fourth-order valence-electron chi connectivity index (χ4n) is 2.17. The van der Waals surface area contributed by atoms with E-state index in [9.17, 15) is 18.0 Å². The van der Waals surface area contributed by atoms with Crippen LogP contribution in [0.5, 0.6) is 0 Å². The van der Waals surface area contributed by atoms with E-state index in [0.29, 0.717) is 11.1 Å². The monoisotopic (exact) mass is 341 g/mol. The molecule has 0 fully saturated rings. The van der Waals surface area contributed by atoms with Gasteiger partial charge in [-0.15, -0.1) is 0 Å². The molecule has 0 spiro atoms. The van der Waals surface area contributed by atoms with Crippen LogP contribution in [-0.4, -0.2) is 24.8 Å². The second-order valence-corrected chi connectivity index (χ2v) is 5.53. The van der Waals surface area contributed by atoms with Crippen LogP contribution < -0.4 is 5.32 Å². The Morgan fingerprint density at radius 1 is 1.25 bits per heavy atom. The van der Waals surface area contributed by atoms with Crippen LogP contribution in [-0.2, 0) is 27.3 Å². The van der Waals surface area contributed by atoms with Crippen LogP contribution in [0.1, 0.15) is 18.1 Å². The van der Waals surface area contributed by atoms with Crippen molar-refractivity contribution in [1.29, 1.82) is 0 Å². The van der Waals surface area contributed by atoms with Crippen molar-refractivity contribution < 1.29 is 27.4 Å². The Morgan fingerprint density at radius 3 is 2.54 bits per heavy atom. The Bertz CT molecular complexity index is 667. The maximum Gasteiger partial charge on any atom is 0.414 e. The summed E-state index contributed by atoms with van der Waals surface area (Å²) < 4.78 is 49.3. The number of halogens is 3. The number of esters is 1. The average Bonchev–Trinajstić information content (AvgIpc) is 2.53. The molecule has 1 N–H and O–H groups in total. The van der Waals surface area contributed by atoms with Crippen LogP contribution in [0.3, 0.4) is 0 Å². The molecule has 0 aromatic heterocycles. The van der Waals surface area contributed by atoms with E-state index in [0.717, 1.165) is 13.0 Å². The van der Waals surface area contributed by atoms with Gasteiger partial charge >= 0.3 is 12.1 Å². The van der Waals surface area contributed by atoms with Crippen LogP contribution >= 0.6 is 0 Å². The first-order valence-corrected chi connectivity index (χ1v) is 7.26. The minimum Gasteiger partial charge on any atom is -0.474 e. The predicted molar refractivity (Wildman–Crippen MR) is 81.8 cm³/mol. The highest BCUT2D eigenvalue weighted by Crippen LogP contribution is 2.33. The van der Waals surface area contributed by atoms with Gasteiger partial charge < -0.3 is 14.8 Å². The topological polar surface area (TPSA) is 47.6 Å². The molecule has 2 rings (SSSR count). The third-order valence-corrected chi connectivity index (χ3v) is 3.71. The highest BCUT2D eigenvalue weighted by molar-refractivity contribution is 5.72. The summed E-state index contributed by atoms with van der Waals surface area (Å²) in [4.78, 5) is 11.4. The lowest BCUT2D eigenvalue weighted by molar-refractivity contribution is -0.177. The normalized spacial score (nSPS) is 20.1. The van der Waals surface area contributed by atoms with Crippen molar-refractivity contribution in [3.8, 4) is 0 Å². The van der Waals surface area contributed by atoms with Gasteiger partial charge in [0.15, 0.2) is 11.4 Å².